The Kier molecular flexibility index (Phi) is 4.59. The van der Waals surface area contributed by atoms with Crippen molar-refractivity contribution in [3.8, 4) is 0 Å². The lowest BCUT2D eigenvalue weighted by molar-refractivity contribution is -0.127. The van der Waals surface area contributed by atoms with E-state index in [-0.39, 0.29) is 17.2 Å². The molecule has 1 atom stereocenters. The zero-order valence-electron chi connectivity index (χ0n) is 14.2. The van der Waals surface area contributed by atoms with Gasteiger partial charge in [-0.3, -0.25) is 9.59 Å². The molecule has 0 radical (unpaired) electrons. The first kappa shape index (κ1) is 16.5. The molecule has 22 heavy (non-hydrogen) atoms. The summed E-state index contributed by atoms with van der Waals surface area (Å²) in [5.74, 6) is -0.0571. The SMILES string of the molecule is Cc1ccc(N2CC[C@@H](NC(=O)CC(C)(C)C)C2=O)cc1C. The topological polar surface area (TPSA) is 49.4 Å². The third-order valence-electron chi connectivity index (χ3n) is 4.03. The minimum atomic E-state index is -0.392. The normalized spacial score (nSPS) is 18.7. The Bertz CT molecular complexity index is 587. The van der Waals surface area contributed by atoms with E-state index in [0.29, 0.717) is 19.4 Å². The Morgan fingerprint density at radius 2 is 1.95 bits per heavy atom. The summed E-state index contributed by atoms with van der Waals surface area (Å²) in [6.45, 7) is 10.8. The maximum atomic E-state index is 12.5. The largest absolute Gasteiger partial charge is 0.344 e. The molecule has 1 aromatic carbocycles. The predicted octanol–water partition coefficient (Wildman–Crippen LogP) is 2.96. The van der Waals surface area contributed by atoms with Gasteiger partial charge in [0.25, 0.3) is 0 Å². The lowest BCUT2D eigenvalue weighted by Crippen LogP contribution is -2.42. The molecule has 4 heteroatoms. The molecule has 0 saturated carbocycles. The van der Waals surface area contributed by atoms with Crippen LogP contribution >= 0.6 is 0 Å². The molecule has 1 saturated heterocycles. The van der Waals surface area contributed by atoms with Crippen molar-refractivity contribution in [3.05, 3.63) is 29.3 Å². The number of hydrogen-bond acceptors (Lipinski definition) is 2. The number of anilines is 1. The first-order valence-corrected chi connectivity index (χ1v) is 7.85. The van der Waals surface area contributed by atoms with Gasteiger partial charge in [0, 0.05) is 18.7 Å². The molecule has 0 aliphatic carbocycles. The number of carbonyl (C=O) groups is 2. The molecule has 1 heterocycles. The highest BCUT2D eigenvalue weighted by Gasteiger charge is 2.34. The molecule has 4 nitrogen and oxygen atoms in total. The molecule has 1 aromatic rings. The Morgan fingerprint density at radius 3 is 2.55 bits per heavy atom. The predicted molar refractivity (Wildman–Crippen MR) is 88.9 cm³/mol. The van der Waals surface area contributed by atoms with Gasteiger partial charge in [0.05, 0.1) is 0 Å². The molecule has 0 bridgehead atoms. The van der Waals surface area contributed by atoms with Crippen LogP contribution in [0.4, 0.5) is 5.69 Å². The van der Waals surface area contributed by atoms with Crippen LogP contribution in [-0.2, 0) is 9.59 Å². The summed E-state index contributed by atoms with van der Waals surface area (Å²) < 4.78 is 0. The number of nitrogens with one attached hydrogen (secondary N) is 1. The number of benzene rings is 1. The van der Waals surface area contributed by atoms with Crippen molar-refractivity contribution in [1.29, 1.82) is 0 Å². The molecule has 0 unspecified atom stereocenters. The van der Waals surface area contributed by atoms with E-state index in [2.05, 4.69) is 12.2 Å². The van der Waals surface area contributed by atoms with Crippen LogP contribution in [0.15, 0.2) is 18.2 Å². The zero-order valence-corrected chi connectivity index (χ0v) is 14.2. The van der Waals surface area contributed by atoms with Crippen LogP contribution in [0.5, 0.6) is 0 Å². The first-order chi connectivity index (χ1) is 10.2. The highest BCUT2D eigenvalue weighted by Crippen LogP contribution is 2.24. The van der Waals surface area contributed by atoms with Gasteiger partial charge >= 0.3 is 0 Å². The van der Waals surface area contributed by atoms with Crippen molar-refractivity contribution in [1.82, 2.24) is 5.32 Å². The van der Waals surface area contributed by atoms with Gasteiger partial charge in [-0.15, -0.1) is 0 Å². The number of carbonyl (C=O) groups excluding carboxylic acids is 2. The van der Waals surface area contributed by atoms with Crippen LogP contribution < -0.4 is 10.2 Å². The summed E-state index contributed by atoms with van der Waals surface area (Å²) in [6.07, 6.45) is 1.10. The van der Waals surface area contributed by atoms with Crippen molar-refractivity contribution in [2.45, 2.75) is 53.5 Å². The zero-order chi connectivity index (χ0) is 16.5. The average molecular weight is 302 g/mol. The van der Waals surface area contributed by atoms with E-state index in [1.165, 1.54) is 11.1 Å². The summed E-state index contributed by atoms with van der Waals surface area (Å²) in [5, 5.41) is 2.88. The lowest BCUT2D eigenvalue weighted by Gasteiger charge is -2.20. The molecular weight excluding hydrogens is 276 g/mol. The minimum Gasteiger partial charge on any atom is -0.344 e. The van der Waals surface area contributed by atoms with Crippen molar-refractivity contribution in [2.24, 2.45) is 5.41 Å². The number of amides is 2. The van der Waals surface area contributed by atoms with Crippen LogP contribution in [-0.4, -0.2) is 24.4 Å². The third-order valence-corrected chi connectivity index (χ3v) is 4.03. The van der Waals surface area contributed by atoms with Gasteiger partial charge in [0.2, 0.25) is 11.8 Å². The van der Waals surface area contributed by atoms with E-state index in [9.17, 15) is 9.59 Å². The Morgan fingerprint density at radius 1 is 1.27 bits per heavy atom. The van der Waals surface area contributed by atoms with Gasteiger partial charge in [-0.25, -0.2) is 0 Å². The van der Waals surface area contributed by atoms with Crippen LogP contribution in [0.2, 0.25) is 0 Å². The Balaban J connectivity index is 2.03. The molecule has 0 spiro atoms. The maximum Gasteiger partial charge on any atom is 0.249 e. The summed E-state index contributed by atoms with van der Waals surface area (Å²) in [6, 6.07) is 5.65. The van der Waals surface area contributed by atoms with Crippen LogP contribution in [0.3, 0.4) is 0 Å². The fraction of sp³-hybridized carbons (Fsp3) is 0.556. The van der Waals surface area contributed by atoms with Gasteiger partial charge in [0.1, 0.15) is 6.04 Å². The van der Waals surface area contributed by atoms with E-state index in [1.807, 2.05) is 45.9 Å². The monoisotopic (exact) mass is 302 g/mol. The fourth-order valence-electron chi connectivity index (χ4n) is 2.69. The van der Waals surface area contributed by atoms with Crippen LogP contribution in [0, 0.1) is 19.3 Å². The second kappa shape index (κ2) is 6.11. The highest BCUT2D eigenvalue weighted by molar-refractivity contribution is 6.01. The molecule has 1 fully saturated rings. The summed E-state index contributed by atoms with van der Waals surface area (Å²) in [7, 11) is 0. The first-order valence-electron chi connectivity index (χ1n) is 7.85. The van der Waals surface area contributed by atoms with Gasteiger partial charge in [-0.05, 0) is 48.9 Å². The Labute approximate surface area is 132 Å². The minimum absolute atomic E-state index is 0.00878. The van der Waals surface area contributed by atoms with E-state index in [4.69, 9.17) is 0 Å². The summed E-state index contributed by atoms with van der Waals surface area (Å²) in [4.78, 5) is 26.3. The standard InChI is InChI=1S/C18H26N2O2/c1-12-6-7-14(10-13(12)2)20-9-8-15(17(20)22)19-16(21)11-18(3,4)5/h6-7,10,15H,8-9,11H2,1-5H3,(H,19,21)/t15-/m1/s1. The van der Waals surface area contributed by atoms with E-state index in [0.717, 1.165) is 5.69 Å². The van der Waals surface area contributed by atoms with Crippen molar-refractivity contribution >= 4 is 17.5 Å². The molecule has 2 rings (SSSR count). The van der Waals surface area contributed by atoms with Gasteiger partial charge < -0.3 is 10.2 Å². The molecule has 2 amide bonds. The third kappa shape index (κ3) is 3.87. The van der Waals surface area contributed by atoms with Crippen LogP contribution in [0.1, 0.15) is 44.7 Å². The molecule has 0 aromatic heterocycles. The van der Waals surface area contributed by atoms with Crippen LogP contribution in [0.25, 0.3) is 0 Å². The maximum absolute atomic E-state index is 12.5. The number of rotatable bonds is 3. The molecule has 120 valence electrons. The second-order valence-corrected chi connectivity index (χ2v) is 7.40. The smallest absolute Gasteiger partial charge is 0.249 e. The van der Waals surface area contributed by atoms with Gasteiger partial charge in [-0.2, -0.15) is 0 Å². The quantitative estimate of drug-likeness (QED) is 0.933. The lowest BCUT2D eigenvalue weighted by atomic mass is 9.92. The van der Waals surface area contributed by atoms with Crippen molar-refractivity contribution < 1.29 is 9.59 Å². The van der Waals surface area contributed by atoms with Gasteiger partial charge in [0.15, 0.2) is 0 Å². The van der Waals surface area contributed by atoms with E-state index >= 15 is 0 Å². The number of nitrogens with zero attached hydrogens (tertiary/aromatic N) is 1. The number of hydrogen-bond donors (Lipinski definition) is 1. The molecule has 1 aliphatic rings. The Hall–Kier alpha value is -1.84. The number of aryl methyl sites for hydroxylation is 2. The second-order valence-electron chi connectivity index (χ2n) is 7.40. The van der Waals surface area contributed by atoms with Crippen molar-refractivity contribution in [2.75, 3.05) is 11.4 Å². The van der Waals surface area contributed by atoms with Gasteiger partial charge in [-0.1, -0.05) is 26.8 Å². The molecule has 1 aliphatic heterocycles. The highest BCUT2D eigenvalue weighted by atomic mass is 16.2. The summed E-state index contributed by atoms with van der Waals surface area (Å²) >= 11 is 0. The molecular formula is C18H26N2O2. The van der Waals surface area contributed by atoms with E-state index < -0.39 is 6.04 Å². The van der Waals surface area contributed by atoms with E-state index in [1.54, 1.807) is 4.90 Å². The summed E-state index contributed by atoms with van der Waals surface area (Å²) in [5.41, 5.74) is 3.23. The molecule has 1 N–H and O–H groups in total. The fourth-order valence-corrected chi connectivity index (χ4v) is 2.69. The average Bonchev–Trinajstić information content (AvgIpc) is 2.72. The van der Waals surface area contributed by atoms with Crippen molar-refractivity contribution in [3.63, 3.8) is 0 Å².